The first-order chi connectivity index (χ1) is 17.5. The Bertz CT molecular complexity index is 1160. The highest BCUT2D eigenvalue weighted by Gasteiger charge is 2.31. The predicted molar refractivity (Wildman–Crippen MR) is 139 cm³/mol. The van der Waals surface area contributed by atoms with Gasteiger partial charge in [0, 0.05) is 24.2 Å². The molecule has 1 N–H and O–H groups in total. The van der Waals surface area contributed by atoms with Crippen molar-refractivity contribution in [2.45, 2.75) is 68.2 Å². The van der Waals surface area contributed by atoms with Gasteiger partial charge in [0.15, 0.2) is 0 Å². The van der Waals surface area contributed by atoms with Gasteiger partial charge in [0.1, 0.15) is 16.7 Å². The molecule has 1 heterocycles. The summed E-state index contributed by atoms with van der Waals surface area (Å²) in [6, 6.07) is 9.33. The van der Waals surface area contributed by atoms with Gasteiger partial charge in [-0.25, -0.2) is 13.1 Å². The summed E-state index contributed by atoms with van der Waals surface area (Å²) in [5, 5.41) is 0.467. The van der Waals surface area contributed by atoms with Crippen LogP contribution in [0.4, 0.5) is 13.2 Å². The van der Waals surface area contributed by atoms with E-state index in [4.69, 9.17) is 27.9 Å². The number of hydrogen-bond donors (Lipinski definition) is 1. The number of hydrogen-bond acceptors (Lipinski definition) is 4. The average molecular weight is 580 g/mol. The maximum absolute atomic E-state index is 12.9. The monoisotopic (exact) mass is 578 g/mol. The first-order valence-corrected chi connectivity index (χ1v) is 14.8. The standard InChI is InChI=1S/C26H31Cl2F3N2O3S/c27-20-6-9-24(28)25(17-20)37(34,35)32-21-7-4-18(5-8-21)10-13-33-14-11-22(12-15-33)36-23-3-1-2-19(16-23)26(29,30)31/h1-3,6,9,16-18,21-22,32H,4-5,7-8,10-15H2. The molecular weight excluding hydrogens is 548 g/mol. The summed E-state index contributed by atoms with van der Waals surface area (Å²) in [5.41, 5.74) is -0.696. The van der Waals surface area contributed by atoms with Gasteiger partial charge in [0.05, 0.1) is 10.6 Å². The van der Waals surface area contributed by atoms with Gasteiger partial charge in [-0.2, -0.15) is 13.2 Å². The fourth-order valence-electron chi connectivity index (χ4n) is 5.09. The van der Waals surface area contributed by atoms with Crippen LogP contribution in [0.3, 0.4) is 0 Å². The second kappa shape index (κ2) is 12.1. The van der Waals surface area contributed by atoms with E-state index < -0.39 is 21.8 Å². The predicted octanol–water partition coefficient (Wildman–Crippen LogP) is 6.78. The number of rotatable bonds is 8. The highest BCUT2D eigenvalue weighted by Crippen LogP contribution is 2.33. The molecule has 2 aromatic rings. The van der Waals surface area contributed by atoms with Gasteiger partial charge in [-0.05, 0) is 93.8 Å². The smallest absolute Gasteiger partial charge is 0.416 e. The molecule has 1 saturated carbocycles. The highest BCUT2D eigenvalue weighted by molar-refractivity contribution is 7.89. The average Bonchev–Trinajstić information content (AvgIpc) is 2.85. The van der Waals surface area contributed by atoms with Crippen LogP contribution < -0.4 is 9.46 Å². The summed E-state index contributed by atoms with van der Waals surface area (Å²) in [6.45, 7) is 2.65. The van der Waals surface area contributed by atoms with E-state index in [0.29, 0.717) is 10.9 Å². The van der Waals surface area contributed by atoms with E-state index in [2.05, 4.69) is 9.62 Å². The minimum absolute atomic E-state index is 0.00392. The first kappa shape index (κ1) is 28.5. The molecule has 0 bridgehead atoms. The van der Waals surface area contributed by atoms with Crippen molar-refractivity contribution in [2.75, 3.05) is 19.6 Å². The number of ether oxygens (including phenoxy) is 1. The van der Waals surface area contributed by atoms with Crippen LogP contribution in [0.25, 0.3) is 0 Å². The van der Waals surface area contributed by atoms with Crippen molar-refractivity contribution in [2.24, 2.45) is 5.92 Å². The fraction of sp³-hybridized carbons (Fsp3) is 0.538. The molecular formula is C26H31Cl2F3N2O3S. The zero-order valence-corrected chi connectivity index (χ0v) is 22.6. The minimum Gasteiger partial charge on any atom is -0.490 e. The molecule has 0 amide bonds. The molecule has 1 aliphatic carbocycles. The van der Waals surface area contributed by atoms with Crippen LogP contribution in [-0.2, 0) is 16.2 Å². The Labute approximate surface area is 226 Å². The Hall–Kier alpha value is -1.52. The second-order valence-electron chi connectivity index (χ2n) is 9.89. The Morgan fingerprint density at radius 1 is 0.973 bits per heavy atom. The number of benzene rings is 2. The Morgan fingerprint density at radius 3 is 2.35 bits per heavy atom. The fourth-order valence-corrected chi connectivity index (χ4v) is 7.16. The SMILES string of the molecule is O=S(=O)(NC1CCC(CCN2CCC(Oc3cccc(C(F)(F)F)c3)CC2)CC1)c1cc(Cl)ccc1Cl. The van der Waals surface area contributed by atoms with Crippen LogP contribution in [0.2, 0.25) is 10.0 Å². The van der Waals surface area contributed by atoms with Gasteiger partial charge in [0.2, 0.25) is 10.0 Å². The molecule has 1 saturated heterocycles. The van der Waals surface area contributed by atoms with Crippen molar-refractivity contribution >= 4 is 33.2 Å². The number of nitrogens with zero attached hydrogens (tertiary/aromatic N) is 1. The molecule has 0 radical (unpaired) electrons. The maximum atomic E-state index is 12.9. The van der Waals surface area contributed by atoms with Crippen LogP contribution >= 0.6 is 23.2 Å². The lowest BCUT2D eigenvalue weighted by atomic mass is 9.84. The maximum Gasteiger partial charge on any atom is 0.416 e. The summed E-state index contributed by atoms with van der Waals surface area (Å²) in [7, 11) is -3.74. The van der Waals surface area contributed by atoms with E-state index in [0.717, 1.165) is 76.7 Å². The third kappa shape index (κ3) is 7.99. The van der Waals surface area contributed by atoms with Crippen molar-refractivity contribution in [3.63, 3.8) is 0 Å². The number of sulfonamides is 1. The van der Waals surface area contributed by atoms with Gasteiger partial charge in [-0.15, -0.1) is 0 Å². The molecule has 37 heavy (non-hydrogen) atoms. The zero-order chi connectivity index (χ0) is 26.6. The molecule has 2 fully saturated rings. The summed E-state index contributed by atoms with van der Waals surface area (Å²) < 4.78 is 72.9. The lowest BCUT2D eigenvalue weighted by molar-refractivity contribution is -0.137. The molecule has 2 aliphatic rings. The van der Waals surface area contributed by atoms with E-state index in [-0.39, 0.29) is 27.8 Å². The Balaban J connectivity index is 1.17. The molecule has 0 aromatic heterocycles. The summed E-state index contributed by atoms with van der Waals surface area (Å²) in [5.74, 6) is 0.799. The van der Waals surface area contributed by atoms with Gasteiger partial charge in [-0.3, -0.25) is 0 Å². The highest BCUT2D eigenvalue weighted by atomic mass is 35.5. The van der Waals surface area contributed by atoms with Crippen molar-refractivity contribution in [3.8, 4) is 5.75 Å². The molecule has 5 nitrogen and oxygen atoms in total. The van der Waals surface area contributed by atoms with Crippen LogP contribution in [-0.4, -0.2) is 45.1 Å². The summed E-state index contributed by atoms with van der Waals surface area (Å²) in [6.07, 6.45) is 1.57. The molecule has 1 aliphatic heterocycles. The van der Waals surface area contributed by atoms with Gasteiger partial charge in [0.25, 0.3) is 0 Å². The van der Waals surface area contributed by atoms with E-state index in [1.54, 1.807) is 12.1 Å². The van der Waals surface area contributed by atoms with Crippen LogP contribution in [0.15, 0.2) is 47.4 Å². The second-order valence-corrected chi connectivity index (χ2v) is 12.4. The van der Waals surface area contributed by atoms with Crippen LogP contribution in [0, 0.1) is 5.92 Å². The number of nitrogens with one attached hydrogen (secondary N) is 1. The molecule has 0 unspecified atom stereocenters. The van der Waals surface area contributed by atoms with Crippen LogP contribution in [0.5, 0.6) is 5.75 Å². The lowest BCUT2D eigenvalue weighted by Gasteiger charge is -2.34. The largest absolute Gasteiger partial charge is 0.490 e. The van der Waals surface area contributed by atoms with Crippen molar-refractivity contribution in [1.29, 1.82) is 0 Å². The molecule has 11 heteroatoms. The van der Waals surface area contributed by atoms with E-state index in [9.17, 15) is 21.6 Å². The number of piperidine rings is 1. The molecule has 4 rings (SSSR count). The number of halogens is 5. The van der Waals surface area contributed by atoms with E-state index in [1.165, 1.54) is 18.2 Å². The Kier molecular flexibility index (Phi) is 9.33. The van der Waals surface area contributed by atoms with E-state index in [1.807, 2.05) is 0 Å². The number of alkyl halides is 3. The Morgan fingerprint density at radius 2 is 1.68 bits per heavy atom. The minimum atomic E-state index is -4.38. The third-order valence-electron chi connectivity index (χ3n) is 7.20. The molecule has 204 valence electrons. The third-order valence-corrected chi connectivity index (χ3v) is 9.44. The van der Waals surface area contributed by atoms with Crippen molar-refractivity contribution in [3.05, 3.63) is 58.1 Å². The van der Waals surface area contributed by atoms with Gasteiger partial charge < -0.3 is 9.64 Å². The van der Waals surface area contributed by atoms with Crippen molar-refractivity contribution < 1.29 is 26.3 Å². The summed E-state index contributed by atoms with van der Waals surface area (Å²) >= 11 is 12.0. The lowest BCUT2D eigenvalue weighted by Crippen LogP contribution is -2.40. The normalized spacial score (nSPS) is 22.2. The van der Waals surface area contributed by atoms with Gasteiger partial charge in [-0.1, -0.05) is 29.3 Å². The van der Waals surface area contributed by atoms with Crippen molar-refractivity contribution in [1.82, 2.24) is 9.62 Å². The topological polar surface area (TPSA) is 58.6 Å². The number of likely N-dealkylation sites (tertiary alicyclic amines) is 1. The van der Waals surface area contributed by atoms with E-state index >= 15 is 0 Å². The zero-order valence-electron chi connectivity index (χ0n) is 20.3. The molecule has 2 aromatic carbocycles. The quantitative estimate of drug-likeness (QED) is 0.375. The van der Waals surface area contributed by atoms with Crippen LogP contribution in [0.1, 0.15) is 50.5 Å². The molecule has 0 atom stereocenters. The van der Waals surface area contributed by atoms with Gasteiger partial charge >= 0.3 is 6.18 Å². The first-order valence-electron chi connectivity index (χ1n) is 12.5. The molecule has 0 spiro atoms. The summed E-state index contributed by atoms with van der Waals surface area (Å²) in [4.78, 5) is 2.38.